The third kappa shape index (κ3) is 3.55. The van der Waals surface area contributed by atoms with E-state index in [4.69, 9.17) is 4.52 Å². The van der Waals surface area contributed by atoms with Gasteiger partial charge in [-0.05, 0) is 38.5 Å². The predicted molar refractivity (Wildman–Crippen MR) is 105 cm³/mol. The van der Waals surface area contributed by atoms with Crippen molar-refractivity contribution in [2.24, 2.45) is 13.0 Å². The lowest BCUT2D eigenvalue weighted by Crippen LogP contribution is -2.39. The van der Waals surface area contributed by atoms with Crippen molar-refractivity contribution in [2.75, 3.05) is 0 Å². The van der Waals surface area contributed by atoms with Crippen LogP contribution in [0.25, 0.3) is 11.2 Å². The van der Waals surface area contributed by atoms with Crippen molar-refractivity contribution in [3.63, 3.8) is 0 Å². The number of aromatic nitrogens is 5. The standard InChI is InChI=1S/C20H27N5O3/c1-14-11-16(28-22-14)9-5-6-10-25-19(26)17-18(23(2)20(25)27)21-13-24(17)12-15-7-3-4-8-15/h11,13,15H,3-10,12H2,1-2H3. The molecule has 1 fully saturated rings. The van der Waals surface area contributed by atoms with Crippen molar-refractivity contribution in [2.45, 2.75) is 65.0 Å². The lowest BCUT2D eigenvalue weighted by atomic mass is 10.1. The maximum absolute atomic E-state index is 13.1. The molecule has 8 heteroatoms. The number of fused-ring (bicyclic) bond motifs is 1. The Kier molecular flexibility index (Phi) is 5.19. The molecule has 0 unspecified atom stereocenters. The van der Waals surface area contributed by atoms with Gasteiger partial charge in [0.15, 0.2) is 11.2 Å². The second-order valence-corrected chi connectivity index (χ2v) is 7.91. The summed E-state index contributed by atoms with van der Waals surface area (Å²) in [5.74, 6) is 1.43. The molecule has 0 aromatic carbocycles. The minimum atomic E-state index is -0.306. The average Bonchev–Trinajstić information content (AvgIpc) is 3.41. The predicted octanol–water partition coefficient (Wildman–Crippen LogP) is 2.41. The van der Waals surface area contributed by atoms with E-state index in [1.165, 1.54) is 34.8 Å². The van der Waals surface area contributed by atoms with Crippen molar-refractivity contribution in [1.29, 1.82) is 0 Å². The average molecular weight is 385 g/mol. The van der Waals surface area contributed by atoms with Crippen LogP contribution in [-0.4, -0.2) is 23.8 Å². The molecule has 0 amide bonds. The minimum Gasteiger partial charge on any atom is -0.361 e. The molecule has 0 saturated heterocycles. The quantitative estimate of drug-likeness (QED) is 0.583. The maximum Gasteiger partial charge on any atom is 0.332 e. The van der Waals surface area contributed by atoms with E-state index in [1.807, 2.05) is 17.6 Å². The largest absolute Gasteiger partial charge is 0.361 e. The number of aryl methyl sites for hydroxylation is 3. The third-order valence-electron chi connectivity index (χ3n) is 5.76. The SMILES string of the molecule is Cc1cc(CCCCn2c(=O)c3c(ncn3CC3CCCC3)n(C)c2=O)on1. The second-order valence-electron chi connectivity index (χ2n) is 7.91. The number of unbranched alkanes of at least 4 members (excludes halogenated alkanes) is 1. The number of nitrogens with zero attached hydrogens (tertiary/aromatic N) is 5. The Morgan fingerprint density at radius 3 is 2.71 bits per heavy atom. The first-order valence-corrected chi connectivity index (χ1v) is 10.1. The van der Waals surface area contributed by atoms with Gasteiger partial charge in [0.2, 0.25) is 0 Å². The van der Waals surface area contributed by atoms with Crippen molar-refractivity contribution < 1.29 is 4.52 Å². The second kappa shape index (κ2) is 7.77. The molecule has 4 rings (SSSR count). The van der Waals surface area contributed by atoms with Crippen molar-refractivity contribution in [3.8, 4) is 0 Å². The van der Waals surface area contributed by atoms with Crippen LogP contribution in [0.3, 0.4) is 0 Å². The topological polar surface area (TPSA) is 87.9 Å². The van der Waals surface area contributed by atoms with Crippen LogP contribution in [0.2, 0.25) is 0 Å². The molecule has 8 nitrogen and oxygen atoms in total. The van der Waals surface area contributed by atoms with Crippen molar-refractivity contribution >= 4 is 11.2 Å². The van der Waals surface area contributed by atoms with Crippen LogP contribution in [0.5, 0.6) is 0 Å². The number of imidazole rings is 1. The maximum atomic E-state index is 13.1. The summed E-state index contributed by atoms with van der Waals surface area (Å²) in [4.78, 5) is 30.1. The normalized spacial score (nSPS) is 15.1. The van der Waals surface area contributed by atoms with Crippen LogP contribution < -0.4 is 11.2 Å². The zero-order valence-corrected chi connectivity index (χ0v) is 16.6. The Hall–Kier alpha value is -2.64. The smallest absolute Gasteiger partial charge is 0.332 e. The Bertz CT molecular complexity index is 1080. The lowest BCUT2D eigenvalue weighted by Gasteiger charge is -2.12. The molecular formula is C20H27N5O3. The van der Waals surface area contributed by atoms with Gasteiger partial charge < -0.3 is 9.09 Å². The van der Waals surface area contributed by atoms with Crippen LogP contribution in [0.1, 0.15) is 50.0 Å². The van der Waals surface area contributed by atoms with E-state index >= 15 is 0 Å². The van der Waals surface area contributed by atoms with E-state index in [0.29, 0.717) is 23.6 Å². The molecule has 3 aromatic heterocycles. The zero-order valence-electron chi connectivity index (χ0n) is 16.6. The van der Waals surface area contributed by atoms with Crippen LogP contribution in [-0.2, 0) is 26.6 Å². The highest BCUT2D eigenvalue weighted by Gasteiger charge is 2.20. The summed E-state index contributed by atoms with van der Waals surface area (Å²) in [6.45, 7) is 3.08. The van der Waals surface area contributed by atoms with Gasteiger partial charge >= 0.3 is 5.69 Å². The van der Waals surface area contributed by atoms with Crippen LogP contribution in [0, 0.1) is 12.8 Å². The number of rotatable bonds is 7. The van der Waals surface area contributed by atoms with Crippen LogP contribution >= 0.6 is 0 Å². The zero-order chi connectivity index (χ0) is 19.7. The first-order chi connectivity index (χ1) is 13.5. The van der Waals surface area contributed by atoms with E-state index in [-0.39, 0.29) is 11.2 Å². The summed E-state index contributed by atoms with van der Waals surface area (Å²) in [7, 11) is 1.69. The summed E-state index contributed by atoms with van der Waals surface area (Å²) in [6, 6.07) is 1.92. The Balaban J connectivity index is 1.55. The van der Waals surface area contributed by atoms with E-state index in [1.54, 1.807) is 13.4 Å². The summed E-state index contributed by atoms with van der Waals surface area (Å²) in [6.07, 6.45) is 8.90. The van der Waals surface area contributed by atoms with Gasteiger partial charge in [-0.3, -0.25) is 13.9 Å². The highest BCUT2D eigenvalue weighted by Crippen LogP contribution is 2.26. The van der Waals surface area contributed by atoms with Crippen molar-refractivity contribution in [1.82, 2.24) is 23.8 Å². The molecular weight excluding hydrogens is 358 g/mol. The van der Waals surface area contributed by atoms with E-state index < -0.39 is 0 Å². The molecule has 0 atom stereocenters. The van der Waals surface area contributed by atoms with Crippen LogP contribution in [0.15, 0.2) is 26.5 Å². The van der Waals surface area contributed by atoms with E-state index in [9.17, 15) is 9.59 Å². The molecule has 0 bridgehead atoms. The molecule has 0 radical (unpaired) electrons. The monoisotopic (exact) mass is 385 g/mol. The summed E-state index contributed by atoms with van der Waals surface area (Å²) in [5.41, 5.74) is 1.34. The fraction of sp³-hybridized carbons (Fsp3) is 0.600. The highest BCUT2D eigenvalue weighted by atomic mass is 16.5. The van der Waals surface area contributed by atoms with Gasteiger partial charge in [0, 0.05) is 32.6 Å². The van der Waals surface area contributed by atoms with Gasteiger partial charge in [-0.15, -0.1) is 0 Å². The van der Waals surface area contributed by atoms with Crippen molar-refractivity contribution in [3.05, 3.63) is 44.7 Å². The van der Waals surface area contributed by atoms with E-state index in [0.717, 1.165) is 37.3 Å². The summed E-state index contributed by atoms with van der Waals surface area (Å²) >= 11 is 0. The first kappa shape index (κ1) is 18.7. The molecule has 150 valence electrons. The molecule has 0 N–H and O–H groups in total. The molecule has 3 aromatic rings. The fourth-order valence-corrected chi connectivity index (χ4v) is 4.23. The Morgan fingerprint density at radius 2 is 2.00 bits per heavy atom. The van der Waals surface area contributed by atoms with Gasteiger partial charge in [-0.1, -0.05) is 18.0 Å². The number of hydrogen-bond donors (Lipinski definition) is 0. The van der Waals surface area contributed by atoms with Crippen LogP contribution in [0.4, 0.5) is 0 Å². The van der Waals surface area contributed by atoms with E-state index in [2.05, 4.69) is 10.1 Å². The van der Waals surface area contributed by atoms with Gasteiger partial charge in [0.05, 0.1) is 12.0 Å². The Labute approximate surface area is 162 Å². The summed E-state index contributed by atoms with van der Waals surface area (Å²) < 4.78 is 9.99. The molecule has 28 heavy (non-hydrogen) atoms. The highest BCUT2D eigenvalue weighted by molar-refractivity contribution is 5.69. The lowest BCUT2D eigenvalue weighted by molar-refractivity contribution is 0.374. The summed E-state index contributed by atoms with van der Waals surface area (Å²) in [5, 5.41) is 3.88. The first-order valence-electron chi connectivity index (χ1n) is 10.1. The minimum absolute atomic E-state index is 0.232. The van der Waals surface area contributed by atoms with Gasteiger partial charge in [0.25, 0.3) is 5.56 Å². The van der Waals surface area contributed by atoms with Gasteiger partial charge in [0.1, 0.15) is 5.76 Å². The fourth-order valence-electron chi connectivity index (χ4n) is 4.23. The number of hydrogen-bond acceptors (Lipinski definition) is 5. The molecule has 1 aliphatic carbocycles. The molecule has 1 saturated carbocycles. The Morgan fingerprint density at radius 1 is 1.21 bits per heavy atom. The molecule has 0 spiro atoms. The third-order valence-corrected chi connectivity index (χ3v) is 5.76. The van der Waals surface area contributed by atoms with Gasteiger partial charge in [-0.25, -0.2) is 9.78 Å². The molecule has 3 heterocycles. The molecule has 1 aliphatic rings. The molecule has 0 aliphatic heterocycles. The van der Waals surface area contributed by atoms with Gasteiger partial charge in [-0.2, -0.15) is 0 Å².